The molecule has 30 heavy (non-hydrogen) atoms. The zero-order valence-electron chi connectivity index (χ0n) is 17.9. The Morgan fingerprint density at radius 2 is 1.73 bits per heavy atom. The van der Waals surface area contributed by atoms with E-state index in [2.05, 4.69) is 10.3 Å². The van der Waals surface area contributed by atoms with Crippen LogP contribution in [0.2, 0.25) is 0 Å². The lowest BCUT2D eigenvalue weighted by Gasteiger charge is -2.26. The molecule has 0 spiro atoms. The van der Waals surface area contributed by atoms with E-state index in [9.17, 15) is 9.59 Å². The van der Waals surface area contributed by atoms with Crippen molar-refractivity contribution in [1.29, 1.82) is 0 Å². The molecule has 0 bridgehead atoms. The van der Waals surface area contributed by atoms with Gasteiger partial charge in [-0.25, -0.2) is 4.79 Å². The van der Waals surface area contributed by atoms with Crippen molar-refractivity contribution in [2.24, 2.45) is 0 Å². The molecule has 6 heteroatoms. The van der Waals surface area contributed by atoms with E-state index in [4.69, 9.17) is 4.74 Å². The standard InChI is InChI=1S/C24H29N3O3/c1-24(2,3)30-23(29)26-21(14-18-15-25-20-13-9-8-12-19(18)20)22(28)27(4)16-17-10-6-5-7-11-17/h5-13,15,21,25H,14,16H2,1-4H3,(H,26,29). The fourth-order valence-corrected chi connectivity index (χ4v) is 3.37. The van der Waals surface area contributed by atoms with Crippen LogP contribution in [0.4, 0.5) is 4.79 Å². The molecule has 0 radical (unpaired) electrons. The van der Waals surface area contributed by atoms with Crippen molar-refractivity contribution in [3.63, 3.8) is 0 Å². The summed E-state index contributed by atoms with van der Waals surface area (Å²) >= 11 is 0. The van der Waals surface area contributed by atoms with E-state index in [0.29, 0.717) is 13.0 Å². The highest BCUT2D eigenvalue weighted by molar-refractivity contribution is 5.88. The molecule has 0 fully saturated rings. The molecule has 0 saturated carbocycles. The van der Waals surface area contributed by atoms with Gasteiger partial charge in [0.25, 0.3) is 0 Å². The molecule has 1 heterocycles. The molecule has 0 aliphatic heterocycles. The number of hydrogen-bond acceptors (Lipinski definition) is 3. The number of amides is 2. The number of nitrogens with zero attached hydrogens (tertiary/aromatic N) is 1. The number of benzene rings is 2. The third-order valence-electron chi connectivity index (χ3n) is 4.73. The second kappa shape index (κ2) is 9.03. The van der Waals surface area contributed by atoms with Gasteiger partial charge in [0.05, 0.1) is 0 Å². The molecule has 0 saturated heterocycles. The first-order valence-electron chi connectivity index (χ1n) is 10.1. The minimum atomic E-state index is -0.743. The van der Waals surface area contributed by atoms with Crippen molar-refractivity contribution < 1.29 is 14.3 Å². The summed E-state index contributed by atoms with van der Waals surface area (Å²) in [5, 5.41) is 3.81. The molecule has 0 aliphatic rings. The molecule has 1 atom stereocenters. The summed E-state index contributed by atoms with van der Waals surface area (Å²) in [5.74, 6) is -0.171. The Morgan fingerprint density at radius 3 is 2.43 bits per heavy atom. The number of alkyl carbamates (subject to hydrolysis) is 1. The number of likely N-dealkylation sites (N-methyl/N-ethyl adjacent to an activating group) is 1. The van der Waals surface area contributed by atoms with Gasteiger partial charge in [0, 0.05) is 37.1 Å². The Labute approximate surface area is 177 Å². The average Bonchev–Trinajstić information content (AvgIpc) is 3.09. The van der Waals surface area contributed by atoms with Gasteiger partial charge in [-0.3, -0.25) is 4.79 Å². The lowest BCUT2D eigenvalue weighted by atomic mass is 10.0. The van der Waals surface area contributed by atoms with Crippen LogP contribution in [0, 0.1) is 0 Å². The lowest BCUT2D eigenvalue weighted by Crippen LogP contribution is -2.49. The van der Waals surface area contributed by atoms with E-state index in [1.807, 2.05) is 60.8 Å². The van der Waals surface area contributed by atoms with Gasteiger partial charge in [0.2, 0.25) is 5.91 Å². The molecular formula is C24H29N3O3. The molecule has 3 aromatic rings. The summed E-state index contributed by atoms with van der Waals surface area (Å²) in [5.41, 5.74) is 2.34. The Bertz CT molecular complexity index is 1010. The molecule has 1 aromatic heterocycles. The maximum atomic E-state index is 13.3. The number of aromatic nitrogens is 1. The van der Waals surface area contributed by atoms with Gasteiger partial charge >= 0.3 is 6.09 Å². The molecule has 2 aromatic carbocycles. The van der Waals surface area contributed by atoms with Gasteiger partial charge in [-0.05, 0) is 38.0 Å². The highest BCUT2D eigenvalue weighted by Crippen LogP contribution is 2.20. The maximum absolute atomic E-state index is 13.3. The van der Waals surface area contributed by atoms with Crippen LogP contribution in [0.1, 0.15) is 31.9 Å². The molecule has 2 amide bonds. The Balaban J connectivity index is 1.80. The van der Waals surface area contributed by atoms with Gasteiger partial charge in [-0.15, -0.1) is 0 Å². The number of carbonyl (C=O) groups excluding carboxylic acids is 2. The Hall–Kier alpha value is -3.28. The topological polar surface area (TPSA) is 74.4 Å². The van der Waals surface area contributed by atoms with E-state index in [-0.39, 0.29) is 5.91 Å². The number of nitrogens with one attached hydrogen (secondary N) is 2. The molecule has 3 rings (SSSR count). The van der Waals surface area contributed by atoms with E-state index < -0.39 is 17.7 Å². The maximum Gasteiger partial charge on any atom is 0.408 e. The normalized spacial score (nSPS) is 12.4. The molecule has 158 valence electrons. The molecule has 2 N–H and O–H groups in total. The van der Waals surface area contributed by atoms with Crippen LogP contribution in [-0.4, -0.2) is 40.6 Å². The van der Waals surface area contributed by atoms with Gasteiger partial charge in [-0.1, -0.05) is 48.5 Å². The van der Waals surface area contributed by atoms with E-state index in [0.717, 1.165) is 22.0 Å². The van der Waals surface area contributed by atoms with E-state index in [1.165, 1.54) is 0 Å². The number of rotatable bonds is 6. The van der Waals surface area contributed by atoms with Crippen molar-refractivity contribution >= 4 is 22.9 Å². The first kappa shape index (κ1) is 21.4. The Kier molecular flexibility index (Phi) is 6.45. The van der Waals surface area contributed by atoms with Crippen molar-refractivity contribution in [3.05, 3.63) is 71.9 Å². The zero-order valence-corrected chi connectivity index (χ0v) is 17.9. The summed E-state index contributed by atoms with van der Waals surface area (Å²) in [6.45, 7) is 5.85. The predicted molar refractivity (Wildman–Crippen MR) is 118 cm³/mol. The van der Waals surface area contributed by atoms with Crippen molar-refractivity contribution in [1.82, 2.24) is 15.2 Å². The van der Waals surface area contributed by atoms with Crippen LogP contribution in [0.5, 0.6) is 0 Å². The zero-order chi connectivity index (χ0) is 21.7. The summed E-state index contributed by atoms with van der Waals surface area (Å²) in [6.07, 6.45) is 1.65. The first-order chi connectivity index (χ1) is 14.2. The van der Waals surface area contributed by atoms with Gasteiger partial charge in [0.15, 0.2) is 0 Å². The van der Waals surface area contributed by atoms with Crippen LogP contribution < -0.4 is 5.32 Å². The largest absolute Gasteiger partial charge is 0.444 e. The van der Waals surface area contributed by atoms with Gasteiger partial charge < -0.3 is 19.9 Å². The van der Waals surface area contributed by atoms with Crippen molar-refractivity contribution in [3.8, 4) is 0 Å². The second-order valence-electron chi connectivity index (χ2n) is 8.44. The fraction of sp³-hybridized carbons (Fsp3) is 0.333. The van der Waals surface area contributed by atoms with Crippen molar-refractivity contribution in [2.75, 3.05) is 7.05 Å². The monoisotopic (exact) mass is 407 g/mol. The second-order valence-corrected chi connectivity index (χ2v) is 8.44. The minimum absolute atomic E-state index is 0.171. The van der Waals surface area contributed by atoms with Crippen LogP contribution in [0.25, 0.3) is 10.9 Å². The van der Waals surface area contributed by atoms with E-state index >= 15 is 0 Å². The first-order valence-corrected chi connectivity index (χ1v) is 10.1. The molecule has 6 nitrogen and oxygen atoms in total. The van der Waals surface area contributed by atoms with Crippen molar-refractivity contribution in [2.45, 2.75) is 45.4 Å². The summed E-state index contributed by atoms with van der Waals surface area (Å²) in [4.78, 5) is 30.5. The highest BCUT2D eigenvalue weighted by atomic mass is 16.6. The van der Waals surface area contributed by atoms with Crippen LogP contribution in [-0.2, 0) is 22.5 Å². The highest BCUT2D eigenvalue weighted by Gasteiger charge is 2.27. The van der Waals surface area contributed by atoms with Gasteiger partial charge in [-0.2, -0.15) is 0 Å². The van der Waals surface area contributed by atoms with Crippen LogP contribution in [0.3, 0.4) is 0 Å². The predicted octanol–water partition coefficient (Wildman–Crippen LogP) is 4.26. The number of ether oxygens (including phenoxy) is 1. The third-order valence-corrected chi connectivity index (χ3v) is 4.73. The molecule has 0 aliphatic carbocycles. The number of hydrogen-bond donors (Lipinski definition) is 2. The fourth-order valence-electron chi connectivity index (χ4n) is 3.37. The van der Waals surface area contributed by atoms with Gasteiger partial charge in [0.1, 0.15) is 11.6 Å². The lowest BCUT2D eigenvalue weighted by molar-refractivity contribution is -0.132. The number of carbonyl (C=O) groups is 2. The molecule has 1 unspecified atom stereocenters. The molecular weight excluding hydrogens is 378 g/mol. The van der Waals surface area contributed by atoms with Crippen LogP contribution >= 0.6 is 0 Å². The number of H-pyrrole nitrogens is 1. The number of fused-ring (bicyclic) bond motifs is 1. The number of aromatic amines is 1. The summed E-state index contributed by atoms with van der Waals surface area (Å²) in [7, 11) is 1.74. The Morgan fingerprint density at radius 1 is 1.07 bits per heavy atom. The SMILES string of the molecule is CN(Cc1ccccc1)C(=O)C(Cc1c[nH]c2ccccc12)NC(=O)OC(C)(C)C. The summed E-state index contributed by atoms with van der Waals surface area (Å²) < 4.78 is 5.39. The smallest absolute Gasteiger partial charge is 0.408 e. The summed E-state index contributed by atoms with van der Waals surface area (Å²) in [6, 6.07) is 16.9. The average molecular weight is 408 g/mol. The quantitative estimate of drug-likeness (QED) is 0.641. The third kappa shape index (κ3) is 5.63. The van der Waals surface area contributed by atoms with Crippen LogP contribution in [0.15, 0.2) is 60.8 Å². The minimum Gasteiger partial charge on any atom is -0.444 e. The number of para-hydroxylation sites is 1. The van der Waals surface area contributed by atoms with E-state index in [1.54, 1.807) is 32.7 Å².